The number of anilines is 3. The molecule has 0 amide bonds. The number of carbonyl (C=O) groups excluding carboxylic acids is 2. The van der Waals surface area contributed by atoms with Crippen LogP contribution in [0.25, 0.3) is 11.1 Å². The SMILES string of the molecule is C=CC(=O)OCc1ccc(N(c2ccc(OC(=O)C(=C)C)cc2)c2ccc(-c3ccccc3)cc2)cc1. The summed E-state index contributed by atoms with van der Waals surface area (Å²) in [5, 5.41) is 0. The van der Waals surface area contributed by atoms with Crippen molar-refractivity contribution in [2.75, 3.05) is 4.90 Å². The van der Waals surface area contributed by atoms with E-state index in [0.717, 1.165) is 39.8 Å². The summed E-state index contributed by atoms with van der Waals surface area (Å²) in [4.78, 5) is 25.4. The highest BCUT2D eigenvalue weighted by atomic mass is 16.5. The molecule has 0 saturated heterocycles. The Morgan fingerprint density at radius 1 is 0.757 bits per heavy atom. The van der Waals surface area contributed by atoms with Gasteiger partial charge >= 0.3 is 11.9 Å². The summed E-state index contributed by atoms with van der Waals surface area (Å²) in [5.41, 5.74) is 6.21. The minimum absolute atomic E-state index is 0.166. The van der Waals surface area contributed by atoms with Gasteiger partial charge in [-0.25, -0.2) is 9.59 Å². The van der Waals surface area contributed by atoms with E-state index in [1.807, 2.05) is 54.6 Å². The summed E-state index contributed by atoms with van der Waals surface area (Å²) in [7, 11) is 0. The highest BCUT2D eigenvalue weighted by molar-refractivity contribution is 5.89. The van der Waals surface area contributed by atoms with E-state index < -0.39 is 11.9 Å². The lowest BCUT2D eigenvalue weighted by Crippen LogP contribution is -2.11. The molecule has 5 heteroatoms. The standard InChI is InChI=1S/C32H27NO4/c1-4-31(34)36-22-24-10-14-27(15-11-24)33(29-18-20-30(21-19-29)37-32(35)23(2)3)28-16-12-26(13-17-28)25-8-6-5-7-9-25/h4-21H,1-2,22H2,3H3. The van der Waals surface area contributed by atoms with Crippen LogP contribution in [-0.2, 0) is 20.9 Å². The Morgan fingerprint density at radius 2 is 1.27 bits per heavy atom. The van der Waals surface area contributed by atoms with Crippen molar-refractivity contribution in [3.05, 3.63) is 133 Å². The lowest BCUT2D eigenvalue weighted by Gasteiger charge is -2.26. The van der Waals surface area contributed by atoms with Crippen LogP contribution in [-0.4, -0.2) is 11.9 Å². The van der Waals surface area contributed by atoms with Crippen LogP contribution < -0.4 is 9.64 Å². The van der Waals surface area contributed by atoms with E-state index in [4.69, 9.17) is 9.47 Å². The molecule has 0 bridgehead atoms. The summed E-state index contributed by atoms with van der Waals surface area (Å²) in [6.07, 6.45) is 1.15. The molecule has 0 aromatic heterocycles. The molecule has 5 nitrogen and oxygen atoms in total. The van der Waals surface area contributed by atoms with Crippen molar-refractivity contribution in [3.8, 4) is 16.9 Å². The smallest absolute Gasteiger partial charge is 0.338 e. The molecule has 0 aliphatic heterocycles. The van der Waals surface area contributed by atoms with Crippen LogP contribution in [0.3, 0.4) is 0 Å². The molecule has 0 atom stereocenters. The third-order valence-corrected chi connectivity index (χ3v) is 5.63. The van der Waals surface area contributed by atoms with E-state index in [9.17, 15) is 9.59 Å². The van der Waals surface area contributed by atoms with Crippen molar-refractivity contribution in [1.29, 1.82) is 0 Å². The molecular formula is C32H27NO4. The lowest BCUT2D eigenvalue weighted by molar-refractivity contribution is -0.139. The van der Waals surface area contributed by atoms with Gasteiger partial charge in [0.05, 0.1) is 0 Å². The quantitative estimate of drug-likeness (QED) is 0.138. The molecule has 0 saturated carbocycles. The van der Waals surface area contributed by atoms with Gasteiger partial charge in [-0.2, -0.15) is 0 Å². The van der Waals surface area contributed by atoms with Crippen molar-refractivity contribution in [1.82, 2.24) is 0 Å². The number of esters is 2. The molecule has 0 fully saturated rings. The van der Waals surface area contributed by atoms with E-state index in [-0.39, 0.29) is 6.61 Å². The highest BCUT2D eigenvalue weighted by Crippen LogP contribution is 2.36. The molecule has 0 radical (unpaired) electrons. The Bertz CT molecular complexity index is 1390. The molecule has 4 aromatic rings. The molecule has 0 aliphatic rings. The van der Waals surface area contributed by atoms with E-state index in [1.54, 1.807) is 19.1 Å². The van der Waals surface area contributed by atoms with E-state index in [1.165, 1.54) is 0 Å². The summed E-state index contributed by atoms with van der Waals surface area (Å²) in [5.74, 6) is -0.485. The molecule has 0 unspecified atom stereocenters. The second-order valence-corrected chi connectivity index (χ2v) is 8.39. The van der Waals surface area contributed by atoms with Crippen LogP contribution in [0.4, 0.5) is 17.1 Å². The van der Waals surface area contributed by atoms with Gasteiger partial charge in [0, 0.05) is 28.7 Å². The Kier molecular flexibility index (Phi) is 7.96. The second kappa shape index (κ2) is 11.7. The fraction of sp³-hybridized carbons (Fsp3) is 0.0625. The van der Waals surface area contributed by atoms with Gasteiger partial charge in [0.25, 0.3) is 0 Å². The largest absolute Gasteiger partial charge is 0.458 e. The molecule has 184 valence electrons. The average Bonchev–Trinajstić information content (AvgIpc) is 2.94. The summed E-state index contributed by atoms with van der Waals surface area (Å²) >= 11 is 0. The first kappa shape index (κ1) is 25.2. The zero-order valence-electron chi connectivity index (χ0n) is 20.6. The molecular weight excluding hydrogens is 462 g/mol. The molecule has 4 rings (SSSR count). The van der Waals surface area contributed by atoms with Crippen LogP contribution in [0.15, 0.2) is 128 Å². The van der Waals surface area contributed by atoms with Gasteiger partial charge in [0.1, 0.15) is 12.4 Å². The monoisotopic (exact) mass is 489 g/mol. The third-order valence-electron chi connectivity index (χ3n) is 5.63. The van der Waals surface area contributed by atoms with Gasteiger partial charge in [-0.3, -0.25) is 0 Å². The molecule has 0 aliphatic carbocycles. The Labute approximate surface area is 216 Å². The first-order valence-corrected chi connectivity index (χ1v) is 11.8. The van der Waals surface area contributed by atoms with Crippen molar-refractivity contribution in [2.45, 2.75) is 13.5 Å². The number of hydrogen-bond donors (Lipinski definition) is 0. The first-order valence-electron chi connectivity index (χ1n) is 11.8. The highest BCUT2D eigenvalue weighted by Gasteiger charge is 2.14. The van der Waals surface area contributed by atoms with Gasteiger partial charge in [-0.15, -0.1) is 0 Å². The fourth-order valence-corrected chi connectivity index (χ4v) is 3.69. The molecule has 0 spiro atoms. The van der Waals surface area contributed by atoms with Crippen molar-refractivity contribution in [2.24, 2.45) is 0 Å². The zero-order chi connectivity index (χ0) is 26.2. The van der Waals surface area contributed by atoms with Gasteiger partial charge in [0.2, 0.25) is 0 Å². The van der Waals surface area contributed by atoms with Crippen LogP contribution in [0.1, 0.15) is 12.5 Å². The minimum Gasteiger partial charge on any atom is -0.458 e. The maximum atomic E-state index is 11.9. The minimum atomic E-state index is -0.464. The predicted octanol–water partition coefficient (Wildman–Crippen LogP) is 7.53. The predicted molar refractivity (Wildman–Crippen MR) is 147 cm³/mol. The molecule has 0 N–H and O–H groups in total. The Balaban J connectivity index is 1.65. The number of carbonyl (C=O) groups is 2. The maximum Gasteiger partial charge on any atom is 0.338 e. The fourth-order valence-electron chi connectivity index (χ4n) is 3.69. The Hall–Kier alpha value is -4.90. The van der Waals surface area contributed by atoms with Gasteiger partial charge in [0.15, 0.2) is 0 Å². The second-order valence-electron chi connectivity index (χ2n) is 8.39. The first-order chi connectivity index (χ1) is 17.9. The number of ether oxygens (including phenoxy) is 2. The van der Waals surface area contributed by atoms with Crippen LogP contribution in [0.2, 0.25) is 0 Å². The Morgan fingerprint density at radius 3 is 1.81 bits per heavy atom. The molecule has 37 heavy (non-hydrogen) atoms. The number of nitrogens with zero attached hydrogens (tertiary/aromatic N) is 1. The summed E-state index contributed by atoms with van der Waals surface area (Å²) in [6, 6.07) is 33.6. The lowest BCUT2D eigenvalue weighted by atomic mass is 10.0. The average molecular weight is 490 g/mol. The molecule has 4 aromatic carbocycles. The maximum absolute atomic E-state index is 11.9. The van der Waals surface area contributed by atoms with Crippen LogP contribution in [0.5, 0.6) is 5.75 Å². The van der Waals surface area contributed by atoms with Crippen molar-refractivity contribution < 1.29 is 19.1 Å². The summed E-state index contributed by atoms with van der Waals surface area (Å²) in [6.45, 7) is 8.82. The van der Waals surface area contributed by atoms with E-state index in [0.29, 0.717) is 11.3 Å². The number of benzene rings is 4. The van der Waals surface area contributed by atoms with Gasteiger partial charge in [-0.05, 0) is 72.1 Å². The van der Waals surface area contributed by atoms with Crippen molar-refractivity contribution in [3.63, 3.8) is 0 Å². The number of hydrogen-bond acceptors (Lipinski definition) is 5. The van der Waals surface area contributed by atoms with Gasteiger partial charge in [-0.1, -0.05) is 67.8 Å². The van der Waals surface area contributed by atoms with E-state index in [2.05, 4.69) is 54.5 Å². The topological polar surface area (TPSA) is 55.8 Å². The third kappa shape index (κ3) is 6.41. The van der Waals surface area contributed by atoms with E-state index >= 15 is 0 Å². The van der Waals surface area contributed by atoms with Gasteiger partial charge < -0.3 is 14.4 Å². The summed E-state index contributed by atoms with van der Waals surface area (Å²) < 4.78 is 10.5. The van der Waals surface area contributed by atoms with Crippen LogP contribution in [0, 0.1) is 0 Å². The zero-order valence-corrected chi connectivity index (χ0v) is 20.6. The van der Waals surface area contributed by atoms with Crippen molar-refractivity contribution >= 4 is 29.0 Å². The molecule has 0 heterocycles. The van der Waals surface area contributed by atoms with Crippen LogP contribution >= 0.6 is 0 Å². The number of rotatable bonds is 9. The normalized spacial score (nSPS) is 10.3.